The molecule has 0 aromatic heterocycles. The SMILES string of the molecule is COC(=O)C1=C(C(=O)OC)N(c2cc(F)c([N+](=O)[O-])cc2[N+](=O)[O-])COC1. The molecule has 1 aromatic carbocycles. The average Bonchev–Trinajstić information content (AvgIpc) is 2.65. The van der Waals surface area contributed by atoms with Crippen LogP contribution in [0.3, 0.4) is 0 Å². The molecule has 0 N–H and O–H groups in total. The summed E-state index contributed by atoms with van der Waals surface area (Å²) < 4.78 is 28.3. The molecule has 0 amide bonds. The predicted octanol–water partition coefficient (Wildman–Crippen LogP) is 1.04. The number of anilines is 1. The molecule has 0 saturated carbocycles. The maximum absolute atomic E-state index is 14.1. The smallest absolute Gasteiger partial charge is 0.355 e. The molecule has 0 aliphatic carbocycles. The van der Waals surface area contributed by atoms with Gasteiger partial charge >= 0.3 is 17.6 Å². The van der Waals surface area contributed by atoms with Crippen LogP contribution >= 0.6 is 0 Å². The van der Waals surface area contributed by atoms with E-state index in [1.807, 2.05) is 0 Å². The third-order valence-electron chi connectivity index (χ3n) is 3.56. The minimum absolute atomic E-state index is 0.316. The molecule has 0 spiro atoms. The highest BCUT2D eigenvalue weighted by Gasteiger charge is 2.37. The van der Waals surface area contributed by atoms with Crippen molar-refractivity contribution in [2.45, 2.75) is 0 Å². The first-order valence-corrected chi connectivity index (χ1v) is 7.10. The van der Waals surface area contributed by atoms with Crippen LogP contribution in [0.1, 0.15) is 0 Å². The number of esters is 2. The second kappa shape index (κ2) is 7.74. The van der Waals surface area contributed by atoms with Gasteiger partial charge < -0.3 is 19.1 Å². The number of carbonyl (C=O) groups is 2. The molecule has 1 aliphatic heterocycles. The van der Waals surface area contributed by atoms with Crippen molar-refractivity contribution < 1.29 is 38.0 Å². The Kier molecular flexibility index (Phi) is 5.65. The van der Waals surface area contributed by atoms with Gasteiger partial charge in [0, 0.05) is 6.07 Å². The summed E-state index contributed by atoms with van der Waals surface area (Å²) in [5, 5.41) is 22.2. The highest BCUT2D eigenvalue weighted by Crippen LogP contribution is 2.37. The number of nitrogens with zero attached hydrogens (tertiary/aromatic N) is 3. The van der Waals surface area contributed by atoms with Crippen molar-refractivity contribution in [1.29, 1.82) is 0 Å². The molecule has 0 unspecified atom stereocenters. The molecule has 144 valence electrons. The number of hydrogen-bond acceptors (Lipinski definition) is 10. The van der Waals surface area contributed by atoms with E-state index in [2.05, 4.69) is 9.47 Å². The number of hydrogen-bond donors (Lipinski definition) is 0. The Morgan fingerprint density at radius 3 is 2.22 bits per heavy atom. The van der Waals surface area contributed by atoms with Crippen LogP contribution in [0.25, 0.3) is 0 Å². The van der Waals surface area contributed by atoms with Crippen LogP contribution in [-0.2, 0) is 23.8 Å². The number of ether oxygens (including phenoxy) is 3. The van der Waals surface area contributed by atoms with Gasteiger partial charge in [0.1, 0.15) is 18.1 Å². The molecule has 1 aliphatic rings. The normalized spacial score (nSPS) is 14.0. The Hall–Kier alpha value is -3.61. The summed E-state index contributed by atoms with van der Waals surface area (Å²) in [6.07, 6.45) is 0. The monoisotopic (exact) mass is 385 g/mol. The fourth-order valence-corrected chi connectivity index (χ4v) is 2.38. The second-order valence-electron chi connectivity index (χ2n) is 5.02. The molecular weight excluding hydrogens is 373 g/mol. The van der Waals surface area contributed by atoms with Gasteiger partial charge in [0.05, 0.1) is 42.3 Å². The summed E-state index contributed by atoms with van der Waals surface area (Å²) in [5.74, 6) is -3.41. The van der Waals surface area contributed by atoms with Gasteiger partial charge in [0.2, 0.25) is 5.82 Å². The van der Waals surface area contributed by atoms with Crippen molar-refractivity contribution in [2.75, 3.05) is 32.5 Å². The molecular formula is C14H12FN3O9. The Morgan fingerprint density at radius 2 is 1.70 bits per heavy atom. The Morgan fingerprint density at radius 1 is 1.11 bits per heavy atom. The van der Waals surface area contributed by atoms with Crippen LogP contribution in [0.4, 0.5) is 21.5 Å². The minimum atomic E-state index is -1.38. The maximum atomic E-state index is 14.1. The Labute approximate surface area is 150 Å². The zero-order valence-corrected chi connectivity index (χ0v) is 14.0. The van der Waals surface area contributed by atoms with E-state index in [4.69, 9.17) is 4.74 Å². The van der Waals surface area contributed by atoms with Crippen molar-refractivity contribution in [1.82, 2.24) is 0 Å². The zero-order valence-electron chi connectivity index (χ0n) is 14.0. The van der Waals surface area contributed by atoms with Gasteiger partial charge in [0.25, 0.3) is 5.69 Å². The van der Waals surface area contributed by atoms with Gasteiger partial charge in [0.15, 0.2) is 0 Å². The van der Waals surface area contributed by atoms with Crippen molar-refractivity contribution >= 4 is 29.0 Å². The van der Waals surface area contributed by atoms with Crippen LogP contribution in [0.15, 0.2) is 23.4 Å². The molecule has 12 nitrogen and oxygen atoms in total. The fourth-order valence-electron chi connectivity index (χ4n) is 2.38. The standard InChI is InChI=1S/C14H12FN3O9/c1-25-13(19)7-5-27-6-16(12(7)14(20)26-2)10-3-8(15)9(17(21)22)4-11(10)18(23)24/h3-4H,5-6H2,1-2H3. The lowest BCUT2D eigenvalue weighted by atomic mass is 10.1. The van der Waals surface area contributed by atoms with Gasteiger partial charge in [-0.15, -0.1) is 0 Å². The van der Waals surface area contributed by atoms with Crippen molar-refractivity contribution in [3.8, 4) is 0 Å². The van der Waals surface area contributed by atoms with E-state index < -0.39 is 57.1 Å². The molecule has 13 heteroatoms. The largest absolute Gasteiger partial charge is 0.466 e. The fraction of sp³-hybridized carbons (Fsp3) is 0.286. The summed E-state index contributed by atoms with van der Waals surface area (Å²) in [6, 6.07) is 0.911. The summed E-state index contributed by atoms with van der Waals surface area (Å²) in [5.41, 5.74) is -3.32. The number of benzene rings is 1. The molecule has 1 aromatic rings. The molecule has 2 rings (SSSR count). The molecule has 1 heterocycles. The van der Waals surface area contributed by atoms with Crippen LogP contribution in [0.2, 0.25) is 0 Å². The van der Waals surface area contributed by atoms with Gasteiger partial charge in [-0.05, 0) is 0 Å². The summed E-state index contributed by atoms with van der Waals surface area (Å²) in [7, 11) is 2.04. The highest BCUT2D eigenvalue weighted by molar-refractivity contribution is 6.03. The topological polar surface area (TPSA) is 151 Å². The summed E-state index contributed by atoms with van der Waals surface area (Å²) in [4.78, 5) is 44.9. The number of nitro groups is 2. The van der Waals surface area contributed by atoms with E-state index in [0.717, 1.165) is 19.1 Å². The quantitative estimate of drug-likeness (QED) is 0.408. The van der Waals surface area contributed by atoms with E-state index in [9.17, 15) is 34.2 Å². The first-order chi connectivity index (χ1) is 12.7. The number of nitro benzene ring substituents is 2. The van der Waals surface area contributed by atoms with E-state index in [1.165, 1.54) is 0 Å². The van der Waals surface area contributed by atoms with E-state index in [-0.39, 0.29) is 12.2 Å². The first kappa shape index (κ1) is 19.7. The molecule has 0 fully saturated rings. The van der Waals surface area contributed by atoms with Crippen molar-refractivity contribution in [3.05, 3.63) is 49.4 Å². The molecule has 0 saturated heterocycles. The molecule has 0 radical (unpaired) electrons. The molecule has 27 heavy (non-hydrogen) atoms. The Balaban J connectivity index is 2.76. The van der Waals surface area contributed by atoms with Crippen LogP contribution in [-0.4, -0.2) is 49.3 Å². The number of methoxy groups -OCH3 is 2. The third kappa shape index (κ3) is 3.67. The van der Waals surface area contributed by atoms with Gasteiger partial charge in [-0.25, -0.2) is 9.59 Å². The zero-order chi connectivity index (χ0) is 20.3. The van der Waals surface area contributed by atoms with E-state index in [1.54, 1.807) is 0 Å². The first-order valence-electron chi connectivity index (χ1n) is 7.10. The second-order valence-corrected chi connectivity index (χ2v) is 5.02. The minimum Gasteiger partial charge on any atom is -0.466 e. The van der Waals surface area contributed by atoms with Crippen LogP contribution in [0.5, 0.6) is 0 Å². The summed E-state index contributed by atoms with van der Waals surface area (Å²) >= 11 is 0. The lowest BCUT2D eigenvalue weighted by Gasteiger charge is -2.30. The highest BCUT2D eigenvalue weighted by atomic mass is 19.1. The maximum Gasteiger partial charge on any atom is 0.355 e. The number of carbonyl (C=O) groups excluding carboxylic acids is 2. The lowest BCUT2D eigenvalue weighted by molar-refractivity contribution is -0.395. The van der Waals surface area contributed by atoms with Gasteiger partial charge in [-0.1, -0.05) is 0 Å². The van der Waals surface area contributed by atoms with E-state index in [0.29, 0.717) is 12.1 Å². The van der Waals surface area contributed by atoms with Gasteiger partial charge in [-0.2, -0.15) is 4.39 Å². The third-order valence-corrected chi connectivity index (χ3v) is 3.56. The predicted molar refractivity (Wildman–Crippen MR) is 84.1 cm³/mol. The van der Waals surface area contributed by atoms with Crippen LogP contribution < -0.4 is 4.90 Å². The summed E-state index contributed by atoms with van der Waals surface area (Å²) in [6.45, 7) is -0.847. The van der Waals surface area contributed by atoms with Crippen molar-refractivity contribution in [3.63, 3.8) is 0 Å². The van der Waals surface area contributed by atoms with E-state index >= 15 is 0 Å². The molecule has 0 bridgehead atoms. The Bertz CT molecular complexity index is 868. The van der Waals surface area contributed by atoms with Crippen LogP contribution in [0, 0.1) is 26.0 Å². The van der Waals surface area contributed by atoms with Crippen molar-refractivity contribution in [2.24, 2.45) is 0 Å². The number of halogens is 1. The lowest BCUT2D eigenvalue weighted by Crippen LogP contribution is -2.39. The number of rotatable bonds is 5. The van der Waals surface area contributed by atoms with Gasteiger partial charge in [-0.3, -0.25) is 20.2 Å². The average molecular weight is 385 g/mol. The molecule has 0 atom stereocenters.